The summed E-state index contributed by atoms with van der Waals surface area (Å²) in [5, 5.41) is 20.9. The number of carbonyl (C=O) groups excluding carboxylic acids is 2. The maximum absolute atomic E-state index is 14.1. The summed E-state index contributed by atoms with van der Waals surface area (Å²) in [5.41, 5.74) is 1.51. The lowest BCUT2D eigenvalue weighted by atomic mass is 9.94. The SMILES string of the molecule is Cc1ccc(C(O)=C2C(=O)C(=O)N(Cc3ccncc3)C2c2cccc(O)c2)cc1F. The average Bonchev–Trinajstić information content (AvgIpc) is 3.01. The van der Waals surface area contributed by atoms with Crippen LogP contribution in [-0.4, -0.2) is 31.8 Å². The highest BCUT2D eigenvalue weighted by molar-refractivity contribution is 6.46. The van der Waals surface area contributed by atoms with Crippen molar-refractivity contribution in [3.8, 4) is 5.75 Å². The zero-order valence-electron chi connectivity index (χ0n) is 16.6. The molecule has 1 fully saturated rings. The predicted molar refractivity (Wildman–Crippen MR) is 111 cm³/mol. The van der Waals surface area contributed by atoms with Crippen molar-refractivity contribution in [3.05, 3.63) is 101 Å². The second-order valence-electron chi connectivity index (χ2n) is 7.34. The summed E-state index contributed by atoms with van der Waals surface area (Å²) in [6.45, 7) is 1.67. The minimum atomic E-state index is -0.954. The van der Waals surface area contributed by atoms with Crippen LogP contribution in [0.15, 0.2) is 72.6 Å². The molecule has 1 aliphatic heterocycles. The Morgan fingerprint density at radius 1 is 1.10 bits per heavy atom. The van der Waals surface area contributed by atoms with Gasteiger partial charge in [0.25, 0.3) is 11.7 Å². The Hall–Kier alpha value is -4.00. The minimum Gasteiger partial charge on any atom is -0.508 e. The zero-order valence-corrected chi connectivity index (χ0v) is 16.6. The van der Waals surface area contributed by atoms with Gasteiger partial charge in [-0.05, 0) is 53.9 Å². The number of hydrogen-bond acceptors (Lipinski definition) is 5. The number of rotatable bonds is 4. The molecule has 1 aliphatic rings. The molecule has 0 saturated carbocycles. The number of carbonyl (C=O) groups is 2. The third-order valence-electron chi connectivity index (χ3n) is 5.27. The van der Waals surface area contributed by atoms with Crippen LogP contribution in [0.1, 0.15) is 28.3 Å². The highest BCUT2D eigenvalue weighted by Crippen LogP contribution is 2.41. The van der Waals surface area contributed by atoms with Crippen LogP contribution >= 0.6 is 0 Å². The molecular weight excluding hydrogens is 399 g/mol. The maximum atomic E-state index is 14.1. The highest BCUT2D eigenvalue weighted by atomic mass is 19.1. The number of ketones is 1. The van der Waals surface area contributed by atoms with E-state index in [2.05, 4.69) is 4.98 Å². The van der Waals surface area contributed by atoms with Crippen LogP contribution in [-0.2, 0) is 16.1 Å². The molecule has 31 heavy (non-hydrogen) atoms. The van der Waals surface area contributed by atoms with Crippen molar-refractivity contribution in [3.63, 3.8) is 0 Å². The van der Waals surface area contributed by atoms with E-state index >= 15 is 0 Å². The van der Waals surface area contributed by atoms with Gasteiger partial charge in [0.1, 0.15) is 17.3 Å². The summed E-state index contributed by atoms with van der Waals surface area (Å²) in [5.74, 6) is -2.72. The third kappa shape index (κ3) is 3.77. The fraction of sp³-hybridized carbons (Fsp3) is 0.125. The minimum absolute atomic E-state index is 0.0478. The molecule has 0 aliphatic carbocycles. The van der Waals surface area contributed by atoms with E-state index in [4.69, 9.17) is 0 Å². The Bertz CT molecular complexity index is 1210. The van der Waals surface area contributed by atoms with Gasteiger partial charge in [0.05, 0.1) is 11.6 Å². The van der Waals surface area contributed by atoms with E-state index in [0.717, 1.165) is 11.6 Å². The summed E-state index contributed by atoms with van der Waals surface area (Å²) >= 11 is 0. The molecular formula is C24H19FN2O4. The summed E-state index contributed by atoms with van der Waals surface area (Å²) < 4.78 is 14.1. The van der Waals surface area contributed by atoms with E-state index in [0.29, 0.717) is 11.1 Å². The van der Waals surface area contributed by atoms with E-state index in [-0.39, 0.29) is 23.4 Å². The largest absolute Gasteiger partial charge is 0.508 e. The number of pyridine rings is 1. The summed E-state index contributed by atoms with van der Waals surface area (Å²) in [6.07, 6.45) is 3.15. The number of amides is 1. The van der Waals surface area contributed by atoms with Crippen molar-refractivity contribution in [2.75, 3.05) is 0 Å². The normalized spacial score (nSPS) is 17.9. The number of hydrogen-bond donors (Lipinski definition) is 2. The number of aryl methyl sites for hydroxylation is 1. The van der Waals surface area contributed by atoms with Crippen LogP contribution in [0.4, 0.5) is 4.39 Å². The van der Waals surface area contributed by atoms with Crippen molar-refractivity contribution in [2.45, 2.75) is 19.5 Å². The number of likely N-dealkylation sites (tertiary alicyclic amines) is 1. The lowest BCUT2D eigenvalue weighted by molar-refractivity contribution is -0.140. The van der Waals surface area contributed by atoms with Crippen LogP contribution in [0.5, 0.6) is 5.75 Å². The number of aliphatic hydroxyl groups excluding tert-OH is 1. The van der Waals surface area contributed by atoms with Gasteiger partial charge in [0, 0.05) is 24.5 Å². The fourth-order valence-electron chi connectivity index (χ4n) is 3.67. The smallest absolute Gasteiger partial charge is 0.295 e. The molecule has 1 atom stereocenters. The van der Waals surface area contributed by atoms with E-state index in [1.807, 2.05) is 0 Å². The van der Waals surface area contributed by atoms with Gasteiger partial charge in [-0.15, -0.1) is 0 Å². The molecule has 0 bridgehead atoms. The average molecular weight is 418 g/mol. The quantitative estimate of drug-likeness (QED) is 0.382. The molecule has 0 spiro atoms. The first-order valence-corrected chi connectivity index (χ1v) is 9.59. The number of aliphatic hydroxyl groups is 1. The number of aromatic hydroxyl groups is 1. The second-order valence-corrected chi connectivity index (χ2v) is 7.34. The van der Waals surface area contributed by atoms with E-state index in [9.17, 15) is 24.2 Å². The third-order valence-corrected chi connectivity index (χ3v) is 5.27. The summed E-state index contributed by atoms with van der Waals surface area (Å²) in [7, 11) is 0. The molecule has 1 unspecified atom stereocenters. The number of phenols is 1. The van der Waals surface area contributed by atoms with Crippen LogP contribution in [0, 0.1) is 12.7 Å². The molecule has 6 nitrogen and oxygen atoms in total. The summed E-state index contributed by atoms with van der Waals surface area (Å²) in [4.78, 5) is 31.2. The lowest BCUT2D eigenvalue weighted by Crippen LogP contribution is -2.29. The monoisotopic (exact) mass is 418 g/mol. The van der Waals surface area contributed by atoms with Crippen LogP contribution in [0.3, 0.4) is 0 Å². The van der Waals surface area contributed by atoms with Gasteiger partial charge < -0.3 is 15.1 Å². The van der Waals surface area contributed by atoms with Gasteiger partial charge in [-0.1, -0.05) is 24.3 Å². The molecule has 4 rings (SSSR count). The van der Waals surface area contributed by atoms with Crippen molar-refractivity contribution in [2.24, 2.45) is 0 Å². The molecule has 3 aromatic rings. The Balaban J connectivity index is 1.88. The van der Waals surface area contributed by atoms with Crippen molar-refractivity contribution in [1.29, 1.82) is 0 Å². The van der Waals surface area contributed by atoms with E-state index in [1.54, 1.807) is 43.6 Å². The zero-order chi connectivity index (χ0) is 22.1. The molecule has 1 amide bonds. The molecule has 1 saturated heterocycles. The predicted octanol–water partition coefficient (Wildman–Crippen LogP) is 3.86. The van der Waals surface area contributed by atoms with Crippen LogP contribution in [0.25, 0.3) is 5.76 Å². The standard InChI is InChI=1S/C24H19FN2O4/c1-14-5-6-17(12-19(14)25)22(29)20-21(16-3-2-4-18(28)11-16)27(24(31)23(20)30)13-15-7-9-26-10-8-15/h2-12,21,28-29H,13H2,1H3. The Morgan fingerprint density at radius 3 is 2.52 bits per heavy atom. The van der Waals surface area contributed by atoms with Crippen LogP contribution < -0.4 is 0 Å². The fourth-order valence-corrected chi connectivity index (χ4v) is 3.67. The maximum Gasteiger partial charge on any atom is 0.295 e. The van der Waals surface area contributed by atoms with Gasteiger partial charge in [0.15, 0.2) is 0 Å². The van der Waals surface area contributed by atoms with Gasteiger partial charge in [0.2, 0.25) is 0 Å². The van der Waals surface area contributed by atoms with Gasteiger partial charge in [-0.2, -0.15) is 0 Å². The topological polar surface area (TPSA) is 90.7 Å². The van der Waals surface area contributed by atoms with E-state index in [1.165, 1.54) is 29.2 Å². The first kappa shape index (κ1) is 20.3. The molecule has 0 radical (unpaired) electrons. The van der Waals surface area contributed by atoms with Crippen molar-refractivity contribution < 1.29 is 24.2 Å². The summed E-state index contributed by atoms with van der Waals surface area (Å²) in [6, 6.07) is 12.7. The molecule has 1 aromatic heterocycles. The molecule has 7 heteroatoms. The van der Waals surface area contributed by atoms with Gasteiger partial charge >= 0.3 is 0 Å². The van der Waals surface area contributed by atoms with Gasteiger partial charge in [-0.3, -0.25) is 14.6 Å². The molecule has 2 heterocycles. The Kier molecular flexibility index (Phi) is 5.25. The van der Waals surface area contributed by atoms with Crippen molar-refractivity contribution in [1.82, 2.24) is 9.88 Å². The van der Waals surface area contributed by atoms with E-state index < -0.39 is 29.3 Å². The Labute approximate surface area is 177 Å². The number of aromatic nitrogens is 1. The van der Waals surface area contributed by atoms with Crippen molar-refractivity contribution >= 4 is 17.4 Å². The van der Waals surface area contributed by atoms with Gasteiger partial charge in [-0.25, -0.2) is 4.39 Å². The number of phenolic OH excluding ortho intramolecular Hbond substituents is 1. The molecule has 2 N–H and O–H groups in total. The molecule has 156 valence electrons. The number of nitrogens with zero attached hydrogens (tertiary/aromatic N) is 2. The first-order chi connectivity index (χ1) is 14.9. The van der Waals surface area contributed by atoms with Crippen LogP contribution in [0.2, 0.25) is 0 Å². The Morgan fingerprint density at radius 2 is 1.84 bits per heavy atom. The highest BCUT2D eigenvalue weighted by Gasteiger charge is 2.46. The molecule has 2 aromatic carbocycles. The lowest BCUT2D eigenvalue weighted by Gasteiger charge is -2.25. The number of halogens is 1. The number of Topliss-reactive ketones (excluding diaryl/α,β-unsaturated/α-hetero) is 1. The first-order valence-electron chi connectivity index (χ1n) is 9.59. The number of benzene rings is 2. The second kappa shape index (κ2) is 8.02.